The molecule has 2 N–H and O–H groups in total. The first kappa shape index (κ1) is 15.5. The van der Waals surface area contributed by atoms with Crippen molar-refractivity contribution in [2.24, 2.45) is 0 Å². The van der Waals surface area contributed by atoms with Gasteiger partial charge in [-0.3, -0.25) is 4.79 Å². The molecule has 2 rings (SSSR count). The van der Waals surface area contributed by atoms with Gasteiger partial charge in [-0.05, 0) is 17.9 Å². The van der Waals surface area contributed by atoms with Gasteiger partial charge in [-0.25, -0.2) is 8.42 Å². The van der Waals surface area contributed by atoms with E-state index in [-0.39, 0.29) is 11.3 Å². The number of benzene rings is 2. The van der Waals surface area contributed by atoms with E-state index in [4.69, 9.17) is 5.11 Å². The molecule has 6 heteroatoms. The predicted molar refractivity (Wildman–Crippen MR) is 80.6 cm³/mol. The maximum atomic E-state index is 12.5. The molecule has 0 aliphatic heterocycles. The number of aliphatic carboxylic acids is 1. The molecular weight excluding hydrogens is 290 g/mol. The second-order valence-corrected chi connectivity index (χ2v) is 6.46. The van der Waals surface area contributed by atoms with Crippen molar-refractivity contribution in [3.8, 4) is 0 Å². The maximum Gasteiger partial charge on any atom is 0.321 e. The topological polar surface area (TPSA) is 83.5 Å². The van der Waals surface area contributed by atoms with E-state index in [2.05, 4.69) is 4.72 Å². The van der Waals surface area contributed by atoms with Gasteiger partial charge in [0.2, 0.25) is 10.0 Å². The van der Waals surface area contributed by atoms with Crippen LogP contribution in [0, 0.1) is 0 Å². The molecule has 0 spiro atoms. The first-order valence-corrected chi connectivity index (χ1v) is 8.17. The number of carboxylic acid groups (broad SMARTS) is 1. The zero-order valence-electron chi connectivity index (χ0n) is 11.6. The van der Waals surface area contributed by atoms with Crippen molar-refractivity contribution in [3.63, 3.8) is 0 Å². The predicted octanol–water partition coefficient (Wildman–Crippen LogP) is 2.37. The zero-order valence-corrected chi connectivity index (χ0v) is 12.4. The van der Waals surface area contributed by atoms with E-state index in [1.54, 1.807) is 18.2 Å². The van der Waals surface area contributed by atoms with Gasteiger partial charge in [0.15, 0.2) is 0 Å². The lowest BCUT2D eigenvalue weighted by Crippen LogP contribution is -2.40. The van der Waals surface area contributed by atoms with Crippen LogP contribution in [0.25, 0.3) is 10.8 Å². The molecule has 0 heterocycles. The summed E-state index contributed by atoms with van der Waals surface area (Å²) in [6, 6.07) is 10.9. The fourth-order valence-electron chi connectivity index (χ4n) is 2.20. The molecule has 0 radical (unpaired) electrons. The fourth-order valence-corrected chi connectivity index (χ4v) is 3.66. The van der Waals surface area contributed by atoms with Crippen LogP contribution in [0.1, 0.15) is 19.8 Å². The van der Waals surface area contributed by atoms with E-state index in [0.717, 1.165) is 5.39 Å². The highest BCUT2D eigenvalue weighted by Gasteiger charge is 2.25. The molecular formula is C15H17NO4S. The van der Waals surface area contributed by atoms with E-state index in [1.165, 1.54) is 6.07 Å². The van der Waals surface area contributed by atoms with Gasteiger partial charge in [0.25, 0.3) is 0 Å². The van der Waals surface area contributed by atoms with Gasteiger partial charge in [-0.15, -0.1) is 0 Å². The lowest BCUT2D eigenvalue weighted by Gasteiger charge is -2.15. The zero-order chi connectivity index (χ0) is 15.5. The summed E-state index contributed by atoms with van der Waals surface area (Å²) in [6.45, 7) is 1.81. The Morgan fingerprint density at radius 3 is 2.52 bits per heavy atom. The van der Waals surface area contributed by atoms with Crippen LogP contribution in [0.2, 0.25) is 0 Å². The normalized spacial score (nSPS) is 13.2. The molecule has 5 nitrogen and oxygen atoms in total. The fraction of sp³-hybridized carbons (Fsp3) is 0.267. The second-order valence-electron chi connectivity index (χ2n) is 4.78. The molecule has 2 aromatic rings. The number of hydrogen-bond acceptors (Lipinski definition) is 3. The first-order valence-electron chi connectivity index (χ1n) is 6.68. The highest BCUT2D eigenvalue weighted by molar-refractivity contribution is 7.89. The van der Waals surface area contributed by atoms with Gasteiger partial charge in [-0.1, -0.05) is 49.7 Å². The summed E-state index contributed by atoms with van der Waals surface area (Å²) in [4.78, 5) is 11.2. The lowest BCUT2D eigenvalue weighted by atomic mass is 10.1. The van der Waals surface area contributed by atoms with Crippen LogP contribution in [0.3, 0.4) is 0 Å². The van der Waals surface area contributed by atoms with Crippen molar-refractivity contribution < 1.29 is 18.3 Å². The summed E-state index contributed by atoms with van der Waals surface area (Å²) in [5, 5.41) is 10.5. The Morgan fingerprint density at radius 1 is 1.19 bits per heavy atom. The summed E-state index contributed by atoms with van der Waals surface area (Å²) >= 11 is 0. The van der Waals surface area contributed by atoms with Crippen molar-refractivity contribution in [2.75, 3.05) is 0 Å². The van der Waals surface area contributed by atoms with Crippen molar-refractivity contribution in [1.82, 2.24) is 4.72 Å². The van der Waals surface area contributed by atoms with Crippen molar-refractivity contribution >= 4 is 26.8 Å². The van der Waals surface area contributed by atoms with Crippen LogP contribution < -0.4 is 4.72 Å². The Bertz CT molecular complexity index is 750. The van der Waals surface area contributed by atoms with Crippen molar-refractivity contribution in [3.05, 3.63) is 42.5 Å². The molecule has 0 aromatic heterocycles. The Kier molecular flexibility index (Phi) is 4.59. The maximum absolute atomic E-state index is 12.5. The van der Waals surface area contributed by atoms with Crippen LogP contribution in [-0.4, -0.2) is 25.5 Å². The molecule has 2 aromatic carbocycles. The van der Waals surface area contributed by atoms with Crippen LogP contribution in [-0.2, 0) is 14.8 Å². The molecule has 1 atom stereocenters. The molecule has 0 amide bonds. The van der Waals surface area contributed by atoms with Crippen LogP contribution in [0.4, 0.5) is 0 Å². The smallest absolute Gasteiger partial charge is 0.321 e. The monoisotopic (exact) mass is 307 g/mol. The van der Waals surface area contributed by atoms with E-state index >= 15 is 0 Å². The Morgan fingerprint density at radius 2 is 1.86 bits per heavy atom. The van der Waals surface area contributed by atoms with E-state index in [1.807, 2.05) is 25.1 Å². The number of sulfonamides is 1. The van der Waals surface area contributed by atoms with Gasteiger partial charge >= 0.3 is 5.97 Å². The van der Waals surface area contributed by atoms with Crippen LogP contribution >= 0.6 is 0 Å². The third-order valence-corrected chi connectivity index (χ3v) is 4.74. The van der Waals surface area contributed by atoms with E-state index in [9.17, 15) is 13.2 Å². The second kappa shape index (κ2) is 6.24. The van der Waals surface area contributed by atoms with Crippen molar-refractivity contribution in [1.29, 1.82) is 0 Å². The number of fused-ring (bicyclic) bond motifs is 1. The molecule has 0 bridgehead atoms. The standard InChI is InChI=1S/C15H17NO4S/c1-2-6-13(15(17)18)16-21(19,20)14-10-5-8-11-7-3-4-9-12(11)14/h3-5,7-10,13,16H,2,6H2,1H3,(H,17,18)/t13-/m1/s1. The minimum atomic E-state index is -3.88. The molecule has 0 fully saturated rings. The lowest BCUT2D eigenvalue weighted by molar-refractivity contribution is -0.139. The largest absolute Gasteiger partial charge is 0.480 e. The van der Waals surface area contributed by atoms with Crippen LogP contribution in [0.5, 0.6) is 0 Å². The van der Waals surface area contributed by atoms with Gasteiger partial charge in [-0.2, -0.15) is 4.72 Å². The minimum absolute atomic E-state index is 0.1000. The summed E-state index contributed by atoms with van der Waals surface area (Å²) < 4.78 is 27.2. The number of rotatable bonds is 6. The minimum Gasteiger partial charge on any atom is -0.480 e. The third-order valence-electron chi connectivity index (χ3n) is 3.21. The number of carbonyl (C=O) groups is 1. The SMILES string of the molecule is CCC[C@@H](NS(=O)(=O)c1cccc2ccccc12)C(=O)O. The summed E-state index contributed by atoms with van der Waals surface area (Å²) in [5.41, 5.74) is 0. The average Bonchev–Trinajstić information content (AvgIpc) is 2.46. The summed E-state index contributed by atoms with van der Waals surface area (Å²) in [5.74, 6) is -1.17. The molecule has 0 saturated carbocycles. The Hall–Kier alpha value is -1.92. The molecule has 0 unspecified atom stereocenters. The number of nitrogens with one attached hydrogen (secondary N) is 1. The van der Waals surface area contributed by atoms with Gasteiger partial charge in [0.05, 0.1) is 4.90 Å². The molecule has 0 aliphatic rings. The third kappa shape index (κ3) is 3.40. The first-order chi connectivity index (χ1) is 9.95. The van der Waals surface area contributed by atoms with E-state index in [0.29, 0.717) is 11.8 Å². The Balaban J connectivity index is 2.44. The van der Waals surface area contributed by atoms with Gasteiger partial charge in [0, 0.05) is 5.39 Å². The van der Waals surface area contributed by atoms with Gasteiger partial charge in [0.1, 0.15) is 6.04 Å². The molecule has 0 aliphatic carbocycles. The van der Waals surface area contributed by atoms with Crippen LogP contribution in [0.15, 0.2) is 47.4 Å². The quantitative estimate of drug-likeness (QED) is 0.858. The summed E-state index contributed by atoms with van der Waals surface area (Å²) in [6.07, 6.45) is 0.828. The molecule has 21 heavy (non-hydrogen) atoms. The molecule has 112 valence electrons. The Labute approximate surface area is 123 Å². The average molecular weight is 307 g/mol. The van der Waals surface area contributed by atoms with Crippen molar-refractivity contribution in [2.45, 2.75) is 30.7 Å². The molecule has 0 saturated heterocycles. The number of hydrogen-bond donors (Lipinski definition) is 2. The highest BCUT2D eigenvalue weighted by atomic mass is 32.2. The highest BCUT2D eigenvalue weighted by Crippen LogP contribution is 2.23. The number of carboxylic acids is 1. The van der Waals surface area contributed by atoms with Gasteiger partial charge < -0.3 is 5.11 Å². The van der Waals surface area contributed by atoms with E-state index < -0.39 is 22.0 Å². The summed E-state index contributed by atoms with van der Waals surface area (Å²) in [7, 11) is -3.88.